The Kier molecular flexibility index (Phi) is 24.3. The van der Waals surface area contributed by atoms with Crippen molar-refractivity contribution < 1.29 is 88.4 Å². The van der Waals surface area contributed by atoms with E-state index in [0.29, 0.717) is 49.9 Å². The van der Waals surface area contributed by atoms with E-state index >= 15 is 0 Å². The van der Waals surface area contributed by atoms with Crippen LogP contribution in [-0.2, 0) is 58.8 Å². The number of hydrogen-bond donors (Lipinski definition) is 2. The molecule has 0 unspecified atom stereocenters. The minimum atomic E-state index is -4.99. The highest BCUT2D eigenvalue weighted by atomic mass is 19.4. The van der Waals surface area contributed by atoms with Gasteiger partial charge in [-0.05, 0) is 139 Å². The maximum Gasteiger partial charge on any atom is 0.417 e. The molecule has 0 aliphatic carbocycles. The van der Waals surface area contributed by atoms with Crippen LogP contribution < -0.4 is 29.9 Å². The zero-order chi connectivity index (χ0) is 75.0. The fourth-order valence-corrected chi connectivity index (χ4v) is 12.9. The van der Waals surface area contributed by atoms with Crippen molar-refractivity contribution in [3.8, 4) is 11.5 Å². The summed E-state index contributed by atoms with van der Waals surface area (Å²) in [5.74, 6) is -3.73. The van der Waals surface area contributed by atoms with E-state index in [1.54, 1.807) is 161 Å². The minimum absolute atomic E-state index is 0.00659. The Hall–Kier alpha value is -9.56. The first-order chi connectivity index (χ1) is 47.8. The lowest BCUT2D eigenvalue weighted by atomic mass is 9.91. The van der Waals surface area contributed by atoms with Gasteiger partial charge in [-0.25, -0.2) is 14.4 Å². The Morgan fingerprint density at radius 1 is 0.569 bits per heavy atom. The largest absolute Gasteiger partial charge is 0.471 e. The van der Waals surface area contributed by atoms with Crippen molar-refractivity contribution in [2.45, 2.75) is 188 Å². The van der Waals surface area contributed by atoms with Crippen LogP contribution in [0.25, 0.3) is 0 Å². The molecule has 5 aromatic carbocycles. The summed E-state index contributed by atoms with van der Waals surface area (Å²) in [7, 11) is 0. The fourth-order valence-electron chi connectivity index (χ4n) is 12.9. The van der Waals surface area contributed by atoms with Crippen molar-refractivity contribution in [1.82, 2.24) is 30.2 Å². The van der Waals surface area contributed by atoms with Crippen molar-refractivity contribution in [3.05, 3.63) is 154 Å². The number of piperidine rings is 2. The molecule has 2 saturated heterocycles. The van der Waals surface area contributed by atoms with Gasteiger partial charge in [0.2, 0.25) is 17.1 Å². The molecular weight excluding hydrogens is 1330 g/mol. The lowest BCUT2D eigenvalue weighted by Crippen LogP contribution is -2.55. The van der Waals surface area contributed by atoms with Gasteiger partial charge in [-0.15, -0.1) is 0 Å². The van der Waals surface area contributed by atoms with E-state index < -0.39 is 123 Å². The molecule has 9 rings (SSSR count). The summed E-state index contributed by atoms with van der Waals surface area (Å²) >= 11 is 0. The first-order valence-electron chi connectivity index (χ1n) is 34.2. The molecular formula is C75H92F6N8O13. The van der Waals surface area contributed by atoms with Gasteiger partial charge < -0.3 is 63.7 Å². The molecule has 21 nitrogen and oxygen atoms in total. The minimum Gasteiger partial charge on any atom is -0.471 e. The molecule has 552 valence electrons. The highest BCUT2D eigenvalue weighted by molar-refractivity contribution is 6.07. The molecule has 0 spiro atoms. The van der Waals surface area contributed by atoms with E-state index in [2.05, 4.69) is 10.6 Å². The standard InChI is InChI=1S/C40H47F3N4O7.C35H45F3N4O6/c1-26(2)47(29-18-13-20-45(24-29)37(51)54-38(3,4)5)34(48)30-22-32-33(23-31(30)40(41,42)43)53-39(6,28-16-11-8-12-17-28)35(49)46(32)21-19-44-36(50)52-25-27-14-9-7-10-15-27;1-8-29(43)39-16-18-41-27-19-25(30(44)42(22(2)3)24-15-12-17-40(21-24)32(46)48-33(4,5)6)26(35(36,37)38)20-28(27)47-34(7,31(41)45)23-13-10-9-11-14-23/h7-12,14-17,22-23,26,29H,13,18-21,24-25H2,1-6H3,(H,44,50);9-11,13-14,19-20,22,24H,8,12,15-18,21H2,1-7H3,(H,39,43)/t29-,39+;24-,34+/m11/s1. The zero-order valence-electron chi connectivity index (χ0n) is 59.9. The number of likely N-dealkylation sites (tertiary alicyclic amines) is 2. The van der Waals surface area contributed by atoms with E-state index in [4.69, 9.17) is 23.7 Å². The first-order valence-corrected chi connectivity index (χ1v) is 34.2. The lowest BCUT2D eigenvalue weighted by Gasteiger charge is -2.43. The number of rotatable bonds is 17. The van der Waals surface area contributed by atoms with E-state index in [-0.39, 0.29) is 81.1 Å². The molecule has 4 aliphatic heterocycles. The Morgan fingerprint density at radius 2 is 0.941 bits per heavy atom. The third kappa shape index (κ3) is 18.6. The van der Waals surface area contributed by atoms with Gasteiger partial charge in [0.15, 0.2) is 0 Å². The van der Waals surface area contributed by atoms with Crippen LogP contribution in [0.4, 0.5) is 52.1 Å². The Morgan fingerprint density at radius 3 is 1.29 bits per heavy atom. The second-order valence-electron chi connectivity index (χ2n) is 28.4. The van der Waals surface area contributed by atoms with E-state index in [9.17, 15) is 64.7 Å². The predicted molar refractivity (Wildman–Crippen MR) is 369 cm³/mol. The van der Waals surface area contributed by atoms with Crippen molar-refractivity contribution in [1.29, 1.82) is 0 Å². The second kappa shape index (κ2) is 31.8. The number of benzene rings is 5. The Bertz CT molecular complexity index is 3850. The number of hydrogen-bond acceptors (Lipinski definition) is 13. The topological polar surface area (TPSA) is 226 Å². The van der Waals surface area contributed by atoms with Gasteiger partial charge in [0.05, 0.1) is 45.7 Å². The zero-order valence-corrected chi connectivity index (χ0v) is 59.9. The highest BCUT2D eigenvalue weighted by Crippen LogP contribution is 2.49. The summed E-state index contributed by atoms with van der Waals surface area (Å²) in [5.41, 5.74) is -7.19. The van der Waals surface area contributed by atoms with Crippen molar-refractivity contribution >= 4 is 59.2 Å². The van der Waals surface area contributed by atoms with Crippen LogP contribution >= 0.6 is 0 Å². The van der Waals surface area contributed by atoms with Crippen LogP contribution in [0, 0.1) is 0 Å². The number of ether oxygens (including phenoxy) is 5. The van der Waals surface area contributed by atoms with Gasteiger partial charge in [0, 0.05) is 82.0 Å². The number of fused-ring (bicyclic) bond motifs is 2. The van der Waals surface area contributed by atoms with Crippen LogP contribution in [0.15, 0.2) is 115 Å². The molecule has 0 bridgehead atoms. The number of alkyl carbamates (subject to hydrolysis) is 1. The SMILES string of the molecule is CC(C)N(C(=O)c1cc2c(cc1C(F)(F)F)O[C@@](C)(c1ccccc1)C(=O)N2CCNC(=O)OCc1ccccc1)[C@@H]1CCCN(C(=O)OC(C)(C)C)C1.CCC(=O)NCCN1C(=O)[C@](C)(c2ccccc2)Oc2cc(C(F)(F)F)c(C(=O)N(C(C)C)[C@@H]3CCCN(C(=O)OC(C)(C)C)C3)cc21. The van der Waals surface area contributed by atoms with Gasteiger partial charge in [-0.3, -0.25) is 24.0 Å². The van der Waals surface area contributed by atoms with Crippen LogP contribution in [0.1, 0.15) is 171 Å². The number of anilines is 2. The molecule has 4 atom stereocenters. The molecule has 8 amide bonds. The lowest BCUT2D eigenvalue weighted by molar-refractivity contribution is -0.139. The summed E-state index contributed by atoms with van der Waals surface area (Å²) in [6.45, 7) is 22.4. The number of nitrogens with one attached hydrogen (secondary N) is 2. The quantitative estimate of drug-likeness (QED) is 0.0653. The summed E-state index contributed by atoms with van der Waals surface area (Å²) in [6, 6.07) is 27.2. The molecule has 0 aromatic heterocycles. The molecule has 2 N–H and O–H groups in total. The van der Waals surface area contributed by atoms with Crippen LogP contribution in [0.2, 0.25) is 0 Å². The summed E-state index contributed by atoms with van der Waals surface area (Å²) in [6.07, 6.45) is -9.67. The number of carbonyl (C=O) groups is 8. The number of nitrogens with zero attached hydrogens (tertiary/aromatic N) is 6. The molecule has 4 aliphatic rings. The van der Waals surface area contributed by atoms with Crippen molar-refractivity contribution in [2.75, 3.05) is 62.2 Å². The number of halogens is 6. The van der Waals surface area contributed by atoms with Crippen molar-refractivity contribution in [3.63, 3.8) is 0 Å². The summed E-state index contributed by atoms with van der Waals surface area (Å²) in [5, 5.41) is 5.30. The maximum absolute atomic E-state index is 14.9. The number of amides is 8. The normalized spacial score (nSPS) is 19.3. The van der Waals surface area contributed by atoms with Crippen molar-refractivity contribution in [2.24, 2.45) is 0 Å². The third-order valence-electron chi connectivity index (χ3n) is 17.7. The molecule has 2 fully saturated rings. The van der Waals surface area contributed by atoms with E-state index in [1.807, 2.05) is 6.07 Å². The van der Waals surface area contributed by atoms with Gasteiger partial charge >= 0.3 is 30.6 Å². The third-order valence-corrected chi connectivity index (χ3v) is 17.7. The molecule has 102 heavy (non-hydrogen) atoms. The maximum atomic E-state index is 14.9. The predicted octanol–water partition coefficient (Wildman–Crippen LogP) is 13.6. The van der Waals surface area contributed by atoms with Crippen LogP contribution in [-0.4, -0.2) is 155 Å². The van der Waals surface area contributed by atoms with Crippen LogP contribution in [0.5, 0.6) is 11.5 Å². The molecule has 5 aromatic rings. The number of carbonyl (C=O) groups excluding carboxylic acids is 8. The second-order valence-corrected chi connectivity index (χ2v) is 28.4. The monoisotopic (exact) mass is 1430 g/mol. The first kappa shape index (κ1) is 78.2. The Labute approximate surface area is 591 Å². The van der Waals surface area contributed by atoms with Gasteiger partial charge in [0.25, 0.3) is 23.6 Å². The smallest absolute Gasteiger partial charge is 0.417 e. The van der Waals surface area contributed by atoms with Crippen LogP contribution in [0.3, 0.4) is 0 Å². The van der Waals surface area contributed by atoms with Gasteiger partial charge in [-0.2, -0.15) is 26.3 Å². The average molecular weight is 1430 g/mol. The number of alkyl halides is 6. The fraction of sp³-hybridized carbons (Fsp3) is 0.493. The summed E-state index contributed by atoms with van der Waals surface area (Å²) in [4.78, 5) is 116. The van der Waals surface area contributed by atoms with Gasteiger partial charge in [-0.1, -0.05) is 97.9 Å². The van der Waals surface area contributed by atoms with E-state index in [1.165, 1.54) is 43.2 Å². The molecule has 4 heterocycles. The average Bonchev–Trinajstić information content (AvgIpc) is 0.737. The highest BCUT2D eigenvalue weighted by Gasteiger charge is 2.51. The Balaban J connectivity index is 0.000000261. The molecule has 0 radical (unpaired) electrons. The van der Waals surface area contributed by atoms with E-state index in [0.717, 1.165) is 29.8 Å². The molecule has 0 saturated carbocycles. The summed E-state index contributed by atoms with van der Waals surface area (Å²) < 4.78 is 118. The van der Waals surface area contributed by atoms with Gasteiger partial charge in [0.1, 0.15) is 29.3 Å². The molecule has 27 heteroatoms.